The molecule has 78 valence electrons. The monoisotopic (exact) mass is 195 g/mol. The van der Waals surface area contributed by atoms with Crippen molar-refractivity contribution in [2.75, 3.05) is 0 Å². The van der Waals surface area contributed by atoms with Crippen LogP contribution >= 0.6 is 0 Å². The van der Waals surface area contributed by atoms with E-state index in [2.05, 4.69) is 11.2 Å². The normalized spacial score (nSPS) is 27.0. The van der Waals surface area contributed by atoms with Gasteiger partial charge in [0.05, 0.1) is 11.6 Å². The molecule has 0 bridgehead atoms. The van der Waals surface area contributed by atoms with Crippen LogP contribution in [0.1, 0.15) is 33.6 Å². The zero-order valence-electron chi connectivity index (χ0n) is 8.96. The summed E-state index contributed by atoms with van der Waals surface area (Å²) in [6.07, 6.45) is 6.86. The predicted octanol–water partition coefficient (Wildman–Crippen LogP) is 1.08. The van der Waals surface area contributed by atoms with Crippen molar-refractivity contribution in [1.82, 2.24) is 5.32 Å². The highest BCUT2D eigenvalue weighted by Gasteiger charge is 2.30. The first-order valence-corrected chi connectivity index (χ1v) is 4.90. The van der Waals surface area contributed by atoms with Crippen molar-refractivity contribution in [2.24, 2.45) is 0 Å². The first-order chi connectivity index (χ1) is 6.44. The van der Waals surface area contributed by atoms with E-state index in [-0.39, 0.29) is 18.1 Å². The average molecular weight is 195 g/mol. The lowest BCUT2D eigenvalue weighted by Crippen LogP contribution is -2.46. The zero-order valence-corrected chi connectivity index (χ0v) is 8.96. The van der Waals surface area contributed by atoms with Crippen LogP contribution in [0.15, 0.2) is 0 Å². The second-order valence-electron chi connectivity index (χ2n) is 4.27. The van der Waals surface area contributed by atoms with Crippen molar-refractivity contribution < 1.29 is 9.53 Å². The van der Waals surface area contributed by atoms with Crippen LogP contribution in [0.5, 0.6) is 0 Å². The second-order valence-corrected chi connectivity index (χ2v) is 4.27. The van der Waals surface area contributed by atoms with Gasteiger partial charge in [0.15, 0.2) is 0 Å². The fourth-order valence-electron chi connectivity index (χ4n) is 1.42. The van der Waals surface area contributed by atoms with Gasteiger partial charge in [0.2, 0.25) is 5.91 Å². The number of ether oxygens (including phenoxy) is 1. The average Bonchev–Trinajstić information content (AvgIpc) is 2.51. The summed E-state index contributed by atoms with van der Waals surface area (Å²) >= 11 is 0. The van der Waals surface area contributed by atoms with E-state index in [1.54, 1.807) is 13.8 Å². The number of nitrogens with one attached hydrogen (secondary N) is 1. The number of amides is 1. The Kier molecular flexibility index (Phi) is 3.17. The van der Waals surface area contributed by atoms with Crippen molar-refractivity contribution in [1.29, 1.82) is 0 Å². The maximum atomic E-state index is 11.6. The maximum Gasteiger partial charge on any atom is 0.250 e. The molecule has 1 N–H and O–H groups in total. The highest BCUT2D eigenvalue weighted by atomic mass is 16.5. The van der Waals surface area contributed by atoms with Gasteiger partial charge < -0.3 is 10.1 Å². The van der Waals surface area contributed by atoms with Crippen molar-refractivity contribution in [2.45, 2.75) is 51.4 Å². The molecule has 0 aromatic rings. The molecule has 0 saturated carbocycles. The Bertz CT molecular complexity index is 265. The van der Waals surface area contributed by atoms with Gasteiger partial charge in [-0.25, -0.2) is 0 Å². The molecule has 1 fully saturated rings. The van der Waals surface area contributed by atoms with E-state index in [4.69, 9.17) is 11.2 Å². The molecular weight excluding hydrogens is 178 g/mol. The highest BCUT2D eigenvalue weighted by molar-refractivity contribution is 5.82. The van der Waals surface area contributed by atoms with Crippen LogP contribution in [0.3, 0.4) is 0 Å². The largest absolute Gasteiger partial charge is 0.365 e. The van der Waals surface area contributed by atoms with Crippen LogP contribution < -0.4 is 5.32 Å². The molecule has 0 radical (unpaired) electrons. The Balaban J connectivity index is 2.48. The summed E-state index contributed by atoms with van der Waals surface area (Å²) in [5, 5.41) is 2.77. The molecule has 1 aliphatic rings. The molecule has 1 aliphatic heterocycles. The standard InChI is InChI=1S/C11H17NO2/c1-5-11(3,4)12-10(13)9-7-6-8(2)14-9/h1,8-9H,6-7H2,2-4H3,(H,12,13). The van der Waals surface area contributed by atoms with Crippen LogP contribution in [0.2, 0.25) is 0 Å². The molecule has 0 aliphatic carbocycles. The van der Waals surface area contributed by atoms with E-state index in [0.717, 1.165) is 12.8 Å². The smallest absolute Gasteiger partial charge is 0.250 e. The maximum absolute atomic E-state index is 11.6. The number of carbonyl (C=O) groups excluding carboxylic acids is 1. The predicted molar refractivity (Wildman–Crippen MR) is 54.6 cm³/mol. The summed E-state index contributed by atoms with van der Waals surface area (Å²) in [7, 11) is 0. The van der Waals surface area contributed by atoms with Gasteiger partial charge in [-0.1, -0.05) is 5.92 Å². The number of hydrogen-bond donors (Lipinski definition) is 1. The Hall–Kier alpha value is -1.01. The minimum absolute atomic E-state index is 0.0997. The topological polar surface area (TPSA) is 38.3 Å². The number of hydrogen-bond acceptors (Lipinski definition) is 2. The minimum atomic E-state index is -0.591. The molecule has 0 aromatic heterocycles. The van der Waals surface area contributed by atoms with Crippen LogP contribution in [0.25, 0.3) is 0 Å². The quantitative estimate of drug-likeness (QED) is 0.670. The first-order valence-electron chi connectivity index (χ1n) is 4.90. The van der Waals surface area contributed by atoms with E-state index < -0.39 is 5.54 Å². The van der Waals surface area contributed by atoms with Crippen LogP contribution in [0.4, 0.5) is 0 Å². The molecule has 0 aromatic carbocycles. The Morgan fingerprint density at radius 3 is 2.64 bits per heavy atom. The molecule has 1 saturated heterocycles. The lowest BCUT2D eigenvalue weighted by Gasteiger charge is -2.21. The van der Waals surface area contributed by atoms with Crippen molar-refractivity contribution >= 4 is 5.91 Å². The molecule has 1 rings (SSSR count). The van der Waals surface area contributed by atoms with Crippen LogP contribution in [-0.4, -0.2) is 23.7 Å². The van der Waals surface area contributed by atoms with E-state index >= 15 is 0 Å². The molecule has 0 spiro atoms. The van der Waals surface area contributed by atoms with Gasteiger partial charge in [0.1, 0.15) is 6.10 Å². The molecule has 3 nitrogen and oxygen atoms in total. The summed E-state index contributed by atoms with van der Waals surface area (Å²) in [6.45, 7) is 5.56. The van der Waals surface area contributed by atoms with E-state index in [1.807, 2.05) is 6.92 Å². The third-order valence-corrected chi connectivity index (χ3v) is 2.32. The molecule has 1 heterocycles. The number of terminal acetylenes is 1. The summed E-state index contributed by atoms with van der Waals surface area (Å²) < 4.78 is 5.43. The Morgan fingerprint density at radius 1 is 1.57 bits per heavy atom. The Morgan fingerprint density at radius 2 is 2.21 bits per heavy atom. The summed E-state index contributed by atoms with van der Waals surface area (Å²) in [5.74, 6) is 2.42. The summed E-state index contributed by atoms with van der Waals surface area (Å²) in [5.41, 5.74) is -0.591. The fourth-order valence-corrected chi connectivity index (χ4v) is 1.42. The SMILES string of the molecule is C#CC(C)(C)NC(=O)C1CCC(C)O1. The Labute approximate surface area is 85.2 Å². The van der Waals surface area contributed by atoms with Gasteiger partial charge in [0.25, 0.3) is 0 Å². The van der Waals surface area contributed by atoms with Crippen LogP contribution in [-0.2, 0) is 9.53 Å². The van der Waals surface area contributed by atoms with Crippen LogP contribution in [0, 0.1) is 12.3 Å². The van der Waals surface area contributed by atoms with Crippen molar-refractivity contribution in [3.05, 3.63) is 0 Å². The van der Waals surface area contributed by atoms with Gasteiger partial charge in [-0.05, 0) is 33.6 Å². The molecule has 14 heavy (non-hydrogen) atoms. The molecule has 2 unspecified atom stereocenters. The van der Waals surface area contributed by atoms with E-state index in [9.17, 15) is 4.79 Å². The van der Waals surface area contributed by atoms with Crippen molar-refractivity contribution in [3.63, 3.8) is 0 Å². The third-order valence-electron chi connectivity index (χ3n) is 2.32. The lowest BCUT2D eigenvalue weighted by atomic mass is 10.1. The molecular formula is C11H17NO2. The van der Waals surface area contributed by atoms with E-state index in [1.165, 1.54) is 0 Å². The van der Waals surface area contributed by atoms with Gasteiger partial charge >= 0.3 is 0 Å². The summed E-state index contributed by atoms with van der Waals surface area (Å²) in [6, 6.07) is 0. The lowest BCUT2D eigenvalue weighted by molar-refractivity contribution is -0.132. The first kappa shape index (κ1) is 11.1. The number of rotatable bonds is 2. The van der Waals surface area contributed by atoms with E-state index in [0.29, 0.717) is 0 Å². The molecule has 1 amide bonds. The van der Waals surface area contributed by atoms with Gasteiger partial charge in [-0.15, -0.1) is 6.42 Å². The molecule has 2 atom stereocenters. The highest BCUT2D eigenvalue weighted by Crippen LogP contribution is 2.19. The fraction of sp³-hybridized carbons (Fsp3) is 0.727. The third kappa shape index (κ3) is 2.74. The summed E-state index contributed by atoms with van der Waals surface area (Å²) in [4.78, 5) is 11.6. The molecule has 3 heteroatoms. The zero-order chi connectivity index (χ0) is 10.8. The van der Waals surface area contributed by atoms with Gasteiger partial charge in [0, 0.05) is 0 Å². The van der Waals surface area contributed by atoms with Gasteiger partial charge in [-0.2, -0.15) is 0 Å². The van der Waals surface area contributed by atoms with Gasteiger partial charge in [-0.3, -0.25) is 4.79 Å². The number of carbonyl (C=O) groups is 1. The minimum Gasteiger partial charge on any atom is -0.365 e. The van der Waals surface area contributed by atoms with Crippen molar-refractivity contribution in [3.8, 4) is 12.3 Å². The second kappa shape index (κ2) is 4.02.